The molecule has 0 amide bonds. The minimum Gasteiger partial charge on any atom is -0.260 e. The third kappa shape index (κ3) is 2.65. The second-order valence-electron chi connectivity index (χ2n) is 5.14. The highest BCUT2D eigenvalue weighted by atomic mass is 79.9. The number of hydrogen-bond donors (Lipinski definition) is 0. The highest BCUT2D eigenvalue weighted by molar-refractivity contribution is 9.10. The molecule has 1 heterocycles. The van der Waals surface area contributed by atoms with Gasteiger partial charge in [-0.05, 0) is 54.2 Å². The maximum Gasteiger partial charge on any atom is 0.177 e. The first-order valence-electron chi connectivity index (χ1n) is 6.38. The first-order chi connectivity index (χ1) is 9.43. The van der Waals surface area contributed by atoms with E-state index in [2.05, 4.69) is 33.0 Å². The number of hydrogen-bond acceptors (Lipinski definition) is 3. The number of nitrogens with zero attached hydrogens (tertiary/aromatic N) is 1. The molecular formula is C15H14BrNO2S. The van der Waals surface area contributed by atoms with Crippen LogP contribution in [0, 0.1) is 0 Å². The zero-order chi connectivity index (χ0) is 14.3. The van der Waals surface area contributed by atoms with Gasteiger partial charge in [-0.1, -0.05) is 22.0 Å². The third-order valence-corrected chi connectivity index (χ3v) is 5.22. The largest absolute Gasteiger partial charge is 0.260 e. The fourth-order valence-electron chi connectivity index (χ4n) is 2.56. The van der Waals surface area contributed by atoms with E-state index in [9.17, 15) is 8.42 Å². The summed E-state index contributed by atoms with van der Waals surface area (Å²) in [5, 5.41) is 0. The van der Waals surface area contributed by atoms with Crippen LogP contribution in [0.4, 0.5) is 0 Å². The van der Waals surface area contributed by atoms with Crippen LogP contribution in [0.3, 0.4) is 0 Å². The summed E-state index contributed by atoms with van der Waals surface area (Å²) >= 11 is 3.49. The van der Waals surface area contributed by atoms with Gasteiger partial charge in [-0.15, -0.1) is 0 Å². The van der Waals surface area contributed by atoms with Crippen molar-refractivity contribution in [1.82, 2.24) is 4.98 Å². The molecule has 0 radical (unpaired) electrons. The number of fused-ring (bicyclic) bond motifs is 2. The van der Waals surface area contributed by atoms with Crippen LogP contribution in [0.15, 0.2) is 39.8 Å². The Morgan fingerprint density at radius 3 is 2.65 bits per heavy atom. The number of sulfone groups is 1. The Morgan fingerprint density at radius 2 is 1.90 bits per heavy atom. The van der Waals surface area contributed by atoms with Crippen LogP contribution in [-0.2, 0) is 29.1 Å². The van der Waals surface area contributed by atoms with Crippen LogP contribution < -0.4 is 0 Å². The van der Waals surface area contributed by atoms with E-state index < -0.39 is 9.84 Å². The predicted octanol–water partition coefficient (Wildman–Crippen LogP) is 2.94. The molecule has 1 aromatic carbocycles. The Balaban J connectivity index is 2.09. The van der Waals surface area contributed by atoms with Crippen molar-refractivity contribution in [3.05, 3.63) is 57.3 Å². The van der Waals surface area contributed by atoms with Crippen molar-refractivity contribution in [1.29, 1.82) is 0 Å². The average Bonchev–Trinajstić information content (AvgIpc) is 2.55. The minimum atomic E-state index is -3.20. The van der Waals surface area contributed by atoms with Gasteiger partial charge in [0.2, 0.25) is 0 Å². The number of benzene rings is 1. The molecule has 104 valence electrons. The van der Waals surface area contributed by atoms with Crippen LogP contribution in [-0.4, -0.2) is 19.7 Å². The molecule has 20 heavy (non-hydrogen) atoms. The van der Waals surface area contributed by atoms with Gasteiger partial charge in [-0.2, -0.15) is 0 Å². The van der Waals surface area contributed by atoms with E-state index in [1.165, 1.54) is 23.6 Å². The first kappa shape index (κ1) is 13.8. The molecule has 0 saturated heterocycles. The molecule has 0 N–H and O–H groups in total. The molecule has 1 aliphatic rings. The summed E-state index contributed by atoms with van der Waals surface area (Å²) in [4.78, 5) is 4.66. The highest BCUT2D eigenvalue weighted by Crippen LogP contribution is 2.27. The van der Waals surface area contributed by atoms with Crippen molar-refractivity contribution in [2.45, 2.75) is 24.2 Å². The molecule has 0 atom stereocenters. The number of pyridine rings is 1. The molecule has 0 unspecified atom stereocenters. The van der Waals surface area contributed by atoms with Gasteiger partial charge in [0.1, 0.15) is 0 Å². The Labute approximate surface area is 127 Å². The molecule has 3 rings (SSSR count). The molecule has 0 bridgehead atoms. The van der Waals surface area contributed by atoms with Crippen LogP contribution >= 0.6 is 15.9 Å². The Kier molecular flexibility index (Phi) is 3.42. The third-order valence-electron chi connectivity index (χ3n) is 3.64. The quantitative estimate of drug-likeness (QED) is 0.793. The van der Waals surface area contributed by atoms with Crippen molar-refractivity contribution in [3.63, 3.8) is 0 Å². The van der Waals surface area contributed by atoms with Crippen LogP contribution in [0.1, 0.15) is 22.4 Å². The Bertz CT molecular complexity index is 784. The Morgan fingerprint density at radius 1 is 1.10 bits per heavy atom. The van der Waals surface area contributed by atoms with E-state index in [1.54, 1.807) is 6.07 Å². The Hall–Kier alpha value is -1.20. The monoisotopic (exact) mass is 351 g/mol. The fraction of sp³-hybridized carbons (Fsp3) is 0.267. The molecule has 5 heteroatoms. The SMILES string of the molecule is CS(=O)(=O)c1cnc2c(c1)Cc1ccc(Br)cc1CC2. The smallest absolute Gasteiger partial charge is 0.177 e. The summed E-state index contributed by atoms with van der Waals surface area (Å²) in [6.07, 6.45) is 5.22. The summed E-state index contributed by atoms with van der Waals surface area (Å²) in [5.41, 5.74) is 4.58. The summed E-state index contributed by atoms with van der Waals surface area (Å²) in [5.74, 6) is 0. The van der Waals surface area contributed by atoms with Crippen molar-refractivity contribution in [3.8, 4) is 0 Å². The molecule has 2 aromatic rings. The highest BCUT2D eigenvalue weighted by Gasteiger charge is 2.17. The molecule has 3 nitrogen and oxygen atoms in total. The van der Waals surface area contributed by atoms with Gasteiger partial charge in [0, 0.05) is 22.6 Å². The van der Waals surface area contributed by atoms with E-state index in [-0.39, 0.29) is 0 Å². The lowest BCUT2D eigenvalue weighted by Crippen LogP contribution is -2.03. The summed E-state index contributed by atoms with van der Waals surface area (Å²) in [6.45, 7) is 0. The van der Waals surface area contributed by atoms with Crippen molar-refractivity contribution >= 4 is 25.8 Å². The van der Waals surface area contributed by atoms with Crippen LogP contribution in [0.5, 0.6) is 0 Å². The lowest BCUT2D eigenvalue weighted by Gasteiger charge is -2.07. The average molecular weight is 352 g/mol. The van der Waals surface area contributed by atoms with E-state index in [0.29, 0.717) is 4.90 Å². The minimum absolute atomic E-state index is 0.303. The second-order valence-corrected chi connectivity index (χ2v) is 8.07. The summed E-state index contributed by atoms with van der Waals surface area (Å²) in [6, 6.07) is 8.03. The van der Waals surface area contributed by atoms with Gasteiger partial charge in [-0.3, -0.25) is 4.98 Å². The van der Waals surface area contributed by atoms with Crippen LogP contribution in [0.2, 0.25) is 0 Å². The number of aromatic nitrogens is 1. The molecule has 0 saturated carbocycles. The van der Waals surface area contributed by atoms with E-state index in [0.717, 1.165) is 35.0 Å². The fourth-order valence-corrected chi connectivity index (χ4v) is 3.56. The lowest BCUT2D eigenvalue weighted by atomic mass is 10.0. The molecule has 1 aromatic heterocycles. The number of rotatable bonds is 1. The van der Waals surface area contributed by atoms with E-state index >= 15 is 0 Å². The zero-order valence-corrected chi connectivity index (χ0v) is 13.5. The second kappa shape index (κ2) is 4.97. The maximum absolute atomic E-state index is 11.6. The zero-order valence-electron chi connectivity index (χ0n) is 11.1. The topological polar surface area (TPSA) is 47.0 Å². The molecule has 0 aliphatic heterocycles. The van der Waals surface area contributed by atoms with Gasteiger partial charge in [0.15, 0.2) is 9.84 Å². The predicted molar refractivity (Wildman–Crippen MR) is 81.7 cm³/mol. The molecule has 0 spiro atoms. The number of halogens is 1. The van der Waals surface area contributed by atoms with Gasteiger partial charge >= 0.3 is 0 Å². The maximum atomic E-state index is 11.6. The normalized spacial score (nSPS) is 14.3. The van der Waals surface area contributed by atoms with Gasteiger partial charge in [0.25, 0.3) is 0 Å². The van der Waals surface area contributed by atoms with Crippen molar-refractivity contribution in [2.24, 2.45) is 0 Å². The van der Waals surface area contributed by atoms with E-state index in [1.807, 2.05) is 6.07 Å². The lowest BCUT2D eigenvalue weighted by molar-refractivity contribution is 0.601. The molecule has 0 fully saturated rings. The van der Waals surface area contributed by atoms with Crippen molar-refractivity contribution < 1.29 is 8.42 Å². The number of aryl methyl sites for hydroxylation is 2. The first-order valence-corrected chi connectivity index (χ1v) is 9.07. The van der Waals surface area contributed by atoms with Crippen LogP contribution in [0.25, 0.3) is 0 Å². The molecular weight excluding hydrogens is 338 g/mol. The molecule has 1 aliphatic carbocycles. The van der Waals surface area contributed by atoms with E-state index in [4.69, 9.17) is 0 Å². The van der Waals surface area contributed by atoms with Gasteiger partial charge in [-0.25, -0.2) is 8.42 Å². The van der Waals surface area contributed by atoms with Gasteiger partial charge in [0.05, 0.1) is 4.90 Å². The standard InChI is InChI=1S/C15H14BrNO2S/c1-20(18,19)14-8-12-6-10-2-4-13(16)7-11(10)3-5-15(12)17-9-14/h2,4,7-9H,3,5-6H2,1H3. The summed E-state index contributed by atoms with van der Waals surface area (Å²) < 4.78 is 24.4. The van der Waals surface area contributed by atoms with Gasteiger partial charge < -0.3 is 0 Å². The van der Waals surface area contributed by atoms with Crippen molar-refractivity contribution in [2.75, 3.05) is 6.26 Å². The summed E-state index contributed by atoms with van der Waals surface area (Å²) in [7, 11) is -3.20.